The third kappa shape index (κ3) is 2.30. The van der Waals surface area contributed by atoms with E-state index in [1.165, 1.54) is 42.8 Å². The van der Waals surface area contributed by atoms with Gasteiger partial charge in [0.15, 0.2) is 0 Å². The molecule has 0 radical (unpaired) electrons. The molecule has 1 aliphatic carbocycles. The van der Waals surface area contributed by atoms with E-state index in [1.54, 1.807) is 0 Å². The lowest BCUT2D eigenvalue weighted by atomic mass is 9.71. The predicted octanol–water partition coefficient (Wildman–Crippen LogP) is 3.18. The van der Waals surface area contributed by atoms with Gasteiger partial charge in [0.25, 0.3) is 0 Å². The zero-order chi connectivity index (χ0) is 14.2. The maximum absolute atomic E-state index is 6.33. The molecule has 1 aliphatic heterocycles. The van der Waals surface area contributed by atoms with E-state index >= 15 is 0 Å². The molecule has 3 heteroatoms. The molecule has 2 N–H and O–H groups in total. The standard InChI is InChI=1S/C17H26N2S/c1-13-7-8-17(12-18,16-6-4-3-5-15(13)16)19-9-10-20-14(2)11-19/h3-6,13-14H,7-12,18H2,1-2H3. The molecule has 3 unspecified atom stereocenters. The second kappa shape index (κ2) is 5.70. The van der Waals surface area contributed by atoms with Crippen LogP contribution in [0.25, 0.3) is 0 Å². The van der Waals surface area contributed by atoms with Crippen molar-refractivity contribution in [2.45, 2.75) is 43.4 Å². The summed E-state index contributed by atoms with van der Waals surface area (Å²) in [6.45, 7) is 7.79. The molecule has 3 rings (SSSR count). The number of fused-ring (bicyclic) bond motifs is 1. The van der Waals surface area contributed by atoms with Crippen LogP contribution in [0, 0.1) is 0 Å². The number of thioether (sulfide) groups is 1. The van der Waals surface area contributed by atoms with Crippen LogP contribution in [0.3, 0.4) is 0 Å². The van der Waals surface area contributed by atoms with Crippen LogP contribution < -0.4 is 5.73 Å². The molecule has 1 fully saturated rings. The summed E-state index contributed by atoms with van der Waals surface area (Å²) in [6, 6.07) is 9.00. The van der Waals surface area contributed by atoms with E-state index < -0.39 is 0 Å². The summed E-state index contributed by atoms with van der Waals surface area (Å²) in [4.78, 5) is 2.68. The second-order valence-electron chi connectivity index (χ2n) is 6.39. The second-order valence-corrected chi connectivity index (χ2v) is 7.94. The minimum absolute atomic E-state index is 0.0817. The topological polar surface area (TPSA) is 29.3 Å². The minimum Gasteiger partial charge on any atom is -0.328 e. The average Bonchev–Trinajstić information content (AvgIpc) is 2.48. The normalized spacial score (nSPS) is 34.8. The van der Waals surface area contributed by atoms with Gasteiger partial charge in [-0.3, -0.25) is 4.90 Å². The summed E-state index contributed by atoms with van der Waals surface area (Å²) in [5.41, 5.74) is 9.43. The molecule has 20 heavy (non-hydrogen) atoms. The maximum Gasteiger partial charge on any atom is 0.0587 e. The fourth-order valence-electron chi connectivity index (χ4n) is 3.97. The van der Waals surface area contributed by atoms with Gasteiger partial charge in [0.2, 0.25) is 0 Å². The molecule has 0 bridgehead atoms. The summed E-state index contributed by atoms with van der Waals surface area (Å²) >= 11 is 2.09. The Morgan fingerprint density at radius 1 is 1.35 bits per heavy atom. The number of rotatable bonds is 2. The van der Waals surface area contributed by atoms with Crippen LogP contribution in [0.5, 0.6) is 0 Å². The Morgan fingerprint density at radius 3 is 2.90 bits per heavy atom. The van der Waals surface area contributed by atoms with Crippen molar-refractivity contribution < 1.29 is 0 Å². The molecule has 1 aromatic rings. The van der Waals surface area contributed by atoms with E-state index in [4.69, 9.17) is 5.73 Å². The van der Waals surface area contributed by atoms with Crippen molar-refractivity contribution >= 4 is 11.8 Å². The summed E-state index contributed by atoms with van der Waals surface area (Å²) in [5.74, 6) is 1.91. The number of hydrogen-bond acceptors (Lipinski definition) is 3. The molecule has 1 saturated heterocycles. The van der Waals surface area contributed by atoms with Crippen LogP contribution >= 0.6 is 11.8 Å². The van der Waals surface area contributed by atoms with Gasteiger partial charge in [0, 0.05) is 30.6 Å². The van der Waals surface area contributed by atoms with Crippen molar-refractivity contribution in [3.63, 3.8) is 0 Å². The third-order valence-electron chi connectivity index (χ3n) is 5.17. The first-order valence-electron chi connectivity index (χ1n) is 7.83. The molecule has 3 atom stereocenters. The number of benzene rings is 1. The van der Waals surface area contributed by atoms with Crippen LogP contribution in [0.2, 0.25) is 0 Å². The van der Waals surface area contributed by atoms with E-state index in [1.807, 2.05) is 0 Å². The van der Waals surface area contributed by atoms with Crippen molar-refractivity contribution in [1.82, 2.24) is 4.90 Å². The molecule has 2 aliphatic rings. The Morgan fingerprint density at radius 2 is 2.15 bits per heavy atom. The first kappa shape index (κ1) is 14.4. The van der Waals surface area contributed by atoms with Gasteiger partial charge < -0.3 is 5.73 Å². The lowest BCUT2D eigenvalue weighted by Gasteiger charge is -2.50. The van der Waals surface area contributed by atoms with Crippen molar-refractivity contribution in [2.75, 3.05) is 25.4 Å². The number of hydrogen-bond donors (Lipinski definition) is 1. The highest BCUT2D eigenvalue weighted by Crippen LogP contribution is 2.45. The fraction of sp³-hybridized carbons (Fsp3) is 0.647. The van der Waals surface area contributed by atoms with Crippen LogP contribution in [0.4, 0.5) is 0 Å². The SMILES string of the molecule is CC1CN(C2(CN)CCC(C)c3ccccc32)CCS1. The van der Waals surface area contributed by atoms with Gasteiger partial charge in [0.05, 0.1) is 5.54 Å². The van der Waals surface area contributed by atoms with E-state index in [0.717, 1.165) is 11.8 Å². The van der Waals surface area contributed by atoms with Crippen molar-refractivity contribution in [3.8, 4) is 0 Å². The molecular formula is C17H26N2S. The molecule has 1 heterocycles. The Bertz CT molecular complexity index is 476. The summed E-state index contributed by atoms with van der Waals surface area (Å²) in [6.07, 6.45) is 2.46. The van der Waals surface area contributed by atoms with E-state index in [-0.39, 0.29) is 5.54 Å². The lowest BCUT2D eigenvalue weighted by Crippen LogP contribution is -2.57. The molecule has 1 aromatic carbocycles. The molecule has 0 aromatic heterocycles. The molecule has 0 spiro atoms. The van der Waals surface area contributed by atoms with Crippen LogP contribution in [0.15, 0.2) is 24.3 Å². The highest BCUT2D eigenvalue weighted by atomic mass is 32.2. The zero-order valence-corrected chi connectivity index (χ0v) is 13.5. The van der Waals surface area contributed by atoms with Crippen molar-refractivity contribution in [3.05, 3.63) is 35.4 Å². The average molecular weight is 290 g/mol. The maximum atomic E-state index is 6.33. The van der Waals surface area contributed by atoms with Crippen LogP contribution in [-0.2, 0) is 5.54 Å². The van der Waals surface area contributed by atoms with E-state index in [0.29, 0.717) is 5.92 Å². The quantitative estimate of drug-likeness (QED) is 0.907. The first-order chi connectivity index (χ1) is 9.67. The number of nitrogens with zero attached hydrogens (tertiary/aromatic N) is 1. The zero-order valence-electron chi connectivity index (χ0n) is 12.6. The summed E-state index contributed by atoms with van der Waals surface area (Å²) in [5, 5.41) is 0.721. The van der Waals surface area contributed by atoms with Crippen molar-refractivity contribution in [1.29, 1.82) is 0 Å². The highest BCUT2D eigenvalue weighted by Gasteiger charge is 2.43. The van der Waals surface area contributed by atoms with Crippen molar-refractivity contribution in [2.24, 2.45) is 5.73 Å². The van der Waals surface area contributed by atoms with Gasteiger partial charge in [0.1, 0.15) is 0 Å². The Hall–Kier alpha value is -0.510. The molecule has 2 nitrogen and oxygen atoms in total. The van der Waals surface area contributed by atoms with Gasteiger partial charge >= 0.3 is 0 Å². The van der Waals surface area contributed by atoms with Crippen LogP contribution in [0.1, 0.15) is 43.7 Å². The van der Waals surface area contributed by atoms with Crippen LogP contribution in [-0.4, -0.2) is 35.5 Å². The smallest absolute Gasteiger partial charge is 0.0587 e. The summed E-state index contributed by atoms with van der Waals surface area (Å²) < 4.78 is 0. The lowest BCUT2D eigenvalue weighted by molar-refractivity contribution is 0.0754. The third-order valence-corrected chi connectivity index (χ3v) is 6.30. The fourth-order valence-corrected chi connectivity index (χ4v) is 4.99. The molecular weight excluding hydrogens is 264 g/mol. The molecule has 110 valence electrons. The first-order valence-corrected chi connectivity index (χ1v) is 8.88. The largest absolute Gasteiger partial charge is 0.328 e. The molecule has 0 saturated carbocycles. The summed E-state index contributed by atoms with van der Waals surface area (Å²) in [7, 11) is 0. The minimum atomic E-state index is 0.0817. The van der Waals surface area contributed by atoms with E-state index in [2.05, 4.69) is 54.8 Å². The Kier molecular flexibility index (Phi) is 4.11. The van der Waals surface area contributed by atoms with Gasteiger partial charge in [-0.05, 0) is 29.9 Å². The monoisotopic (exact) mass is 290 g/mol. The van der Waals surface area contributed by atoms with Gasteiger partial charge in [-0.2, -0.15) is 11.8 Å². The number of nitrogens with two attached hydrogens (primary N) is 1. The molecule has 0 amide bonds. The highest BCUT2D eigenvalue weighted by molar-refractivity contribution is 7.99. The predicted molar refractivity (Wildman–Crippen MR) is 88.3 cm³/mol. The van der Waals surface area contributed by atoms with Gasteiger partial charge in [-0.25, -0.2) is 0 Å². The van der Waals surface area contributed by atoms with Gasteiger partial charge in [-0.1, -0.05) is 38.1 Å². The van der Waals surface area contributed by atoms with Gasteiger partial charge in [-0.15, -0.1) is 0 Å². The Balaban J connectivity index is 2.02. The Labute approximate surface area is 127 Å². The van der Waals surface area contributed by atoms with E-state index in [9.17, 15) is 0 Å².